The molecule has 4 aliphatic rings. The van der Waals surface area contributed by atoms with Crippen LogP contribution in [0.2, 0.25) is 0 Å². The molecular formula is C21H27NO2. The first-order valence-electron chi connectivity index (χ1n) is 9.23. The van der Waals surface area contributed by atoms with Gasteiger partial charge in [-0.25, -0.2) is 0 Å². The van der Waals surface area contributed by atoms with E-state index in [0.29, 0.717) is 23.5 Å². The third-order valence-corrected chi connectivity index (χ3v) is 8.17. The van der Waals surface area contributed by atoms with Crippen LogP contribution in [0.15, 0.2) is 23.8 Å². The maximum Gasteiger partial charge on any atom is 0.199 e. The molecule has 0 aromatic heterocycles. The van der Waals surface area contributed by atoms with Crippen molar-refractivity contribution >= 4 is 17.3 Å². The fourth-order valence-corrected chi connectivity index (χ4v) is 6.74. The summed E-state index contributed by atoms with van der Waals surface area (Å²) < 4.78 is 0. The van der Waals surface area contributed by atoms with Crippen molar-refractivity contribution in [1.29, 1.82) is 5.41 Å². The van der Waals surface area contributed by atoms with Gasteiger partial charge in [-0.3, -0.25) is 9.59 Å². The van der Waals surface area contributed by atoms with Crippen molar-refractivity contribution in [2.24, 2.45) is 34.5 Å². The summed E-state index contributed by atoms with van der Waals surface area (Å²) in [6.07, 6.45) is 6.27. The Labute approximate surface area is 144 Å². The molecule has 0 spiro atoms. The highest BCUT2D eigenvalue weighted by Crippen LogP contribution is 2.66. The number of carbonyl (C=O) groups excluding carboxylic acids is 2. The number of Topliss-reactive ketones (excluding diaryl/α,β-unsaturated/α-hetero) is 1. The molecule has 0 radical (unpaired) electrons. The summed E-state index contributed by atoms with van der Waals surface area (Å²) in [7, 11) is 0. The molecule has 3 heteroatoms. The molecule has 4 rings (SSSR count). The number of carbonyl (C=O) groups is 2. The number of allylic oxidation sites excluding steroid dienone is 3. The quantitative estimate of drug-likeness (QED) is 0.681. The molecule has 0 aromatic carbocycles. The summed E-state index contributed by atoms with van der Waals surface area (Å²) in [5.74, 6) is 1.51. The van der Waals surface area contributed by atoms with E-state index in [0.717, 1.165) is 43.3 Å². The lowest BCUT2D eigenvalue weighted by Crippen LogP contribution is -2.56. The Morgan fingerprint density at radius 1 is 1.21 bits per heavy atom. The van der Waals surface area contributed by atoms with E-state index in [9.17, 15) is 9.59 Å². The maximum atomic E-state index is 12.5. The molecule has 6 atom stereocenters. The van der Waals surface area contributed by atoms with Crippen LogP contribution in [0.5, 0.6) is 0 Å². The summed E-state index contributed by atoms with van der Waals surface area (Å²) in [5.41, 5.74) is 2.03. The van der Waals surface area contributed by atoms with Crippen LogP contribution in [0, 0.1) is 39.9 Å². The third-order valence-electron chi connectivity index (χ3n) is 8.17. The van der Waals surface area contributed by atoms with Crippen LogP contribution in [0.25, 0.3) is 0 Å². The largest absolute Gasteiger partial charge is 0.301 e. The summed E-state index contributed by atoms with van der Waals surface area (Å²) >= 11 is 0. The van der Waals surface area contributed by atoms with Crippen LogP contribution in [0.4, 0.5) is 0 Å². The number of rotatable bonds is 0. The predicted molar refractivity (Wildman–Crippen MR) is 93.9 cm³/mol. The van der Waals surface area contributed by atoms with E-state index >= 15 is 0 Å². The molecule has 0 aromatic rings. The van der Waals surface area contributed by atoms with Gasteiger partial charge in [0.15, 0.2) is 5.78 Å². The SMILES string of the molecule is C=C1C[C@@H]2[C@H](CC[C@]3(C)C(=O)CC[C@@H]23)[C@@]2(C)C(C)=CC(=O)C(=N)C12. The van der Waals surface area contributed by atoms with E-state index in [1.54, 1.807) is 6.08 Å². The molecule has 0 heterocycles. The van der Waals surface area contributed by atoms with Gasteiger partial charge in [-0.1, -0.05) is 31.6 Å². The lowest BCUT2D eigenvalue weighted by molar-refractivity contribution is -0.132. The van der Waals surface area contributed by atoms with E-state index in [1.807, 2.05) is 0 Å². The zero-order valence-electron chi connectivity index (χ0n) is 14.9. The average molecular weight is 325 g/mol. The van der Waals surface area contributed by atoms with Crippen LogP contribution in [-0.4, -0.2) is 17.3 Å². The van der Waals surface area contributed by atoms with Gasteiger partial charge in [0.2, 0.25) is 0 Å². The number of ketones is 2. The van der Waals surface area contributed by atoms with Crippen molar-refractivity contribution in [2.75, 3.05) is 0 Å². The van der Waals surface area contributed by atoms with E-state index in [-0.39, 0.29) is 28.2 Å². The molecule has 128 valence electrons. The highest BCUT2D eigenvalue weighted by atomic mass is 16.1. The second-order valence-electron chi connectivity index (χ2n) is 8.98. The second-order valence-corrected chi connectivity index (χ2v) is 8.98. The maximum absolute atomic E-state index is 12.5. The molecule has 0 aliphatic heterocycles. The van der Waals surface area contributed by atoms with Gasteiger partial charge in [-0.05, 0) is 56.4 Å². The summed E-state index contributed by atoms with van der Waals surface area (Å²) in [5, 5.41) is 8.38. The molecule has 24 heavy (non-hydrogen) atoms. The Morgan fingerprint density at radius 2 is 1.92 bits per heavy atom. The van der Waals surface area contributed by atoms with Crippen LogP contribution in [-0.2, 0) is 9.59 Å². The third kappa shape index (κ3) is 1.71. The van der Waals surface area contributed by atoms with Crippen LogP contribution < -0.4 is 0 Å². The fraction of sp³-hybridized carbons (Fsp3) is 0.667. The molecule has 0 amide bonds. The monoisotopic (exact) mass is 325 g/mol. The van der Waals surface area contributed by atoms with Crippen LogP contribution in [0.1, 0.15) is 52.9 Å². The van der Waals surface area contributed by atoms with Gasteiger partial charge in [0, 0.05) is 23.2 Å². The smallest absolute Gasteiger partial charge is 0.199 e. The second kappa shape index (κ2) is 4.77. The molecule has 3 saturated carbocycles. The first-order valence-corrected chi connectivity index (χ1v) is 9.23. The van der Waals surface area contributed by atoms with Crippen molar-refractivity contribution in [1.82, 2.24) is 0 Å². The number of fused-ring (bicyclic) bond motifs is 5. The summed E-state index contributed by atoms with van der Waals surface area (Å²) in [6.45, 7) is 10.8. The van der Waals surface area contributed by atoms with Gasteiger partial charge >= 0.3 is 0 Å². The number of hydrogen-bond donors (Lipinski definition) is 1. The van der Waals surface area contributed by atoms with Gasteiger partial charge in [0.1, 0.15) is 5.78 Å². The summed E-state index contributed by atoms with van der Waals surface area (Å²) in [4.78, 5) is 24.7. The van der Waals surface area contributed by atoms with Gasteiger partial charge in [0.25, 0.3) is 0 Å². The molecule has 1 N–H and O–H groups in total. The first kappa shape index (κ1) is 16.0. The van der Waals surface area contributed by atoms with Crippen LogP contribution >= 0.6 is 0 Å². The highest BCUT2D eigenvalue weighted by Gasteiger charge is 2.62. The zero-order valence-corrected chi connectivity index (χ0v) is 14.9. The topological polar surface area (TPSA) is 58.0 Å². The van der Waals surface area contributed by atoms with E-state index in [2.05, 4.69) is 27.4 Å². The normalized spacial score (nSPS) is 47.9. The first-order chi connectivity index (χ1) is 11.2. The fourth-order valence-electron chi connectivity index (χ4n) is 6.74. The highest BCUT2D eigenvalue weighted by molar-refractivity contribution is 6.45. The van der Waals surface area contributed by atoms with Crippen molar-refractivity contribution in [3.8, 4) is 0 Å². The van der Waals surface area contributed by atoms with Gasteiger partial charge in [-0.2, -0.15) is 0 Å². The van der Waals surface area contributed by atoms with Gasteiger partial charge in [0.05, 0.1) is 5.71 Å². The Kier molecular flexibility index (Phi) is 3.18. The minimum Gasteiger partial charge on any atom is -0.301 e. The van der Waals surface area contributed by atoms with Gasteiger partial charge in [-0.15, -0.1) is 0 Å². The molecule has 3 nitrogen and oxygen atoms in total. The minimum atomic E-state index is -0.183. The van der Waals surface area contributed by atoms with Crippen molar-refractivity contribution < 1.29 is 9.59 Å². The minimum absolute atomic E-state index is 0.141. The molecule has 3 fully saturated rings. The Balaban J connectivity index is 1.82. The number of nitrogens with one attached hydrogen (secondary N) is 1. The lowest BCUT2D eigenvalue weighted by atomic mass is 9.44. The van der Waals surface area contributed by atoms with Crippen molar-refractivity contribution in [2.45, 2.75) is 52.9 Å². The summed E-state index contributed by atoms with van der Waals surface area (Å²) in [6, 6.07) is 0. The zero-order chi connectivity index (χ0) is 17.4. The predicted octanol–water partition coefficient (Wildman–Crippen LogP) is 4.13. The van der Waals surface area contributed by atoms with Crippen molar-refractivity contribution in [3.63, 3.8) is 0 Å². The molecule has 1 unspecified atom stereocenters. The molecule has 0 saturated heterocycles. The molecule has 0 bridgehead atoms. The molecule has 4 aliphatic carbocycles. The van der Waals surface area contributed by atoms with E-state index in [1.165, 1.54) is 0 Å². The Bertz CT molecular complexity index is 717. The Morgan fingerprint density at radius 3 is 2.62 bits per heavy atom. The van der Waals surface area contributed by atoms with Crippen LogP contribution in [0.3, 0.4) is 0 Å². The van der Waals surface area contributed by atoms with Crippen molar-refractivity contribution in [3.05, 3.63) is 23.8 Å². The Hall–Kier alpha value is -1.51. The van der Waals surface area contributed by atoms with E-state index < -0.39 is 0 Å². The molecular weight excluding hydrogens is 298 g/mol. The average Bonchev–Trinajstić information content (AvgIpc) is 2.81. The van der Waals surface area contributed by atoms with Gasteiger partial charge < -0.3 is 5.41 Å². The standard InChI is InChI=1S/C21H27NO2/c1-11-9-13-14-5-6-17(24)20(14,3)8-7-15(13)21(4)12(2)10-16(23)19(22)18(11)21/h10,13-15,18,22H,1,5-9H2,2-4H3/t13-,14-,15-,18?,20-,21+/m0/s1. The van der Waals surface area contributed by atoms with E-state index in [4.69, 9.17) is 5.41 Å². The lowest BCUT2D eigenvalue weighted by Gasteiger charge is -2.59. The number of hydrogen-bond acceptors (Lipinski definition) is 3.